The molecule has 1 aliphatic rings. The van der Waals surface area contributed by atoms with Crippen LogP contribution in [0.1, 0.15) is 17.9 Å². The Labute approximate surface area is 136 Å². The van der Waals surface area contributed by atoms with Gasteiger partial charge in [-0.05, 0) is 25.5 Å². The van der Waals surface area contributed by atoms with Gasteiger partial charge < -0.3 is 14.1 Å². The van der Waals surface area contributed by atoms with Crippen molar-refractivity contribution in [1.82, 2.24) is 9.88 Å². The van der Waals surface area contributed by atoms with E-state index in [4.69, 9.17) is 9.15 Å². The molecule has 2 heterocycles. The first kappa shape index (κ1) is 15.7. The molecule has 1 aromatic carbocycles. The van der Waals surface area contributed by atoms with E-state index in [2.05, 4.69) is 4.98 Å². The van der Waals surface area contributed by atoms with Crippen LogP contribution in [0.2, 0.25) is 0 Å². The topological polar surface area (TPSA) is 55.6 Å². The van der Waals surface area contributed by atoms with Gasteiger partial charge in [0.2, 0.25) is 11.8 Å². The van der Waals surface area contributed by atoms with E-state index in [-0.39, 0.29) is 12.3 Å². The van der Waals surface area contributed by atoms with Gasteiger partial charge in [-0.3, -0.25) is 4.79 Å². The number of amides is 1. The van der Waals surface area contributed by atoms with Gasteiger partial charge in [0.05, 0.1) is 18.7 Å². The Morgan fingerprint density at radius 3 is 2.83 bits per heavy atom. The molecule has 1 atom stereocenters. The summed E-state index contributed by atoms with van der Waals surface area (Å²) < 4.78 is 11.1. The minimum absolute atomic E-state index is 0.0629. The molecule has 0 unspecified atom stereocenters. The van der Waals surface area contributed by atoms with Crippen LogP contribution in [0, 0.1) is 12.8 Å². The maximum Gasteiger partial charge on any atom is 0.228 e. The number of rotatable bonds is 5. The molecule has 23 heavy (non-hydrogen) atoms. The fourth-order valence-electron chi connectivity index (χ4n) is 2.79. The second-order valence-corrected chi connectivity index (χ2v) is 6.07. The summed E-state index contributed by atoms with van der Waals surface area (Å²) >= 11 is 0. The number of likely N-dealkylation sites (N-methyl/N-ethyl adjacent to an activating group) is 1. The van der Waals surface area contributed by atoms with Crippen molar-refractivity contribution < 1.29 is 13.9 Å². The van der Waals surface area contributed by atoms with Crippen molar-refractivity contribution in [2.75, 3.05) is 26.8 Å². The van der Waals surface area contributed by atoms with Crippen LogP contribution in [0.4, 0.5) is 0 Å². The minimum Gasteiger partial charge on any atom is -0.441 e. The minimum atomic E-state index is 0.0629. The molecular formula is C18H22N2O3. The molecule has 2 aromatic rings. The lowest BCUT2D eigenvalue weighted by Crippen LogP contribution is -2.33. The largest absolute Gasteiger partial charge is 0.441 e. The third-order valence-electron chi connectivity index (χ3n) is 4.21. The predicted molar refractivity (Wildman–Crippen MR) is 86.9 cm³/mol. The molecular weight excluding hydrogens is 292 g/mol. The van der Waals surface area contributed by atoms with E-state index in [1.807, 2.05) is 44.3 Å². The quantitative estimate of drug-likeness (QED) is 0.851. The molecule has 5 heteroatoms. The van der Waals surface area contributed by atoms with Crippen LogP contribution in [0.15, 0.2) is 34.7 Å². The SMILES string of the molecule is Cc1oc(-c2ccccc2)nc1CC(=O)N(C)C[C@H]1CCOC1. The molecule has 0 bridgehead atoms. The first-order valence-corrected chi connectivity index (χ1v) is 7.97. The van der Waals surface area contributed by atoms with E-state index < -0.39 is 0 Å². The molecule has 1 amide bonds. The number of ether oxygens (including phenoxy) is 1. The number of nitrogens with zero attached hydrogens (tertiary/aromatic N) is 2. The number of hydrogen-bond donors (Lipinski definition) is 0. The zero-order valence-electron chi connectivity index (χ0n) is 13.6. The van der Waals surface area contributed by atoms with Crippen molar-refractivity contribution in [1.29, 1.82) is 0 Å². The van der Waals surface area contributed by atoms with Gasteiger partial charge in [0.25, 0.3) is 0 Å². The maximum atomic E-state index is 12.4. The molecule has 0 spiro atoms. The molecule has 0 saturated carbocycles. The average Bonchev–Trinajstić information content (AvgIpc) is 3.18. The van der Waals surface area contributed by atoms with Crippen molar-refractivity contribution >= 4 is 5.91 Å². The molecule has 1 fully saturated rings. The number of carbonyl (C=O) groups excluding carboxylic acids is 1. The van der Waals surface area contributed by atoms with E-state index in [1.54, 1.807) is 4.90 Å². The molecule has 1 saturated heterocycles. The van der Waals surface area contributed by atoms with Crippen molar-refractivity contribution in [3.8, 4) is 11.5 Å². The number of hydrogen-bond acceptors (Lipinski definition) is 4. The first-order chi connectivity index (χ1) is 11.1. The Morgan fingerprint density at radius 2 is 2.13 bits per heavy atom. The number of aryl methyl sites for hydroxylation is 1. The number of aromatic nitrogens is 1. The van der Waals surface area contributed by atoms with Crippen molar-refractivity contribution in [3.63, 3.8) is 0 Å². The Balaban J connectivity index is 1.65. The summed E-state index contributed by atoms with van der Waals surface area (Å²) in [5.74, 6) is 1.78. The van der Waals surface area contributed by atoms with E-state index in [0.717, 1.165) is 31.7 Å². The molecule has 122 valence electrons. The van der Waals surface area contributed by atoms with Gasteiger partial charge in [0.15, 0.2) is 0 Å². The maximum absolute atomic E-state index is 12.4. The van der Waals surface area contributed by atoms with Crippen LogP contribution in [0.25, 0.3) is 11.5 Å². The highest BCUT2D eigenvalue weighted by molar-refractivity contribution is 5.78. The van der Waals surface area contributed by atoms with Gasteiger partial charge in [-0.1, -0.05) is 18.2 Å². The molecule has 1 aromatic heterocycles. The summed E-state index contributed by atoms with van der Waals surface area (Å²) in [6, 6.07) is 9.73. The Hall–Kier alpha value is -2.14. The highest BCUT2D eigenvalue weighted by Crippen LogP contribution is 2.22. The van der Waals surface area contributed by atoms with Gasteiger partial charge in [-0.25, -0.2) is 4.98 Å². The lowest BCUT2D eigenvalue weighted by molar-refractivity contribution is -0.129. The third kappa shape index (κ3) is 3.79. The monoisotopic (exact) mass is 314 g/mol. The van der Waals surface area contributed by atoms with Crippen molar-refractivity contribution in [2.24, 2.45) is 5.92 Å². The van der Waals surface area contributed by atoms with Crippen LogP contribution in [-0.2, 0) is 16.0 Å². The summed E-state index contributed by atoms with van der Waals surface area (Å²) in [5.41, 5.74) is 1.63. The normalized spacial score (nSPS) is 17.4. The lowest BCUT2D eigenvalue weighted by atomic mass is 10.1. The Kier molecular flexibility index (Phi) is 4.76. The summed E-state index contributed by atoms with van der Waals surface area (Å²) in [6.45, 7) is 4.14. The second-order valence-electron chi connectivity index (χ2n) is 6.07. The Morgan fingerprint density at radius 1 is 1.35 bits per heavy atom. The standard InChI is InChI=1S/C18H22N2O3/c1-13-16(19-18(23-13)15-6-4-3-5-7-15)10-17(21)20(2)11-14-8-9-22-12-14/h3-7,14H,8-12H2,1-2H3/t14-/m1/s1. The van der Waals surface area contributed by atoms with Crippen LogP contribution < -0.4 is 0 Å². The average molecular weight is 314 g/mol. The smallest absolute Gasteiger partial charge is 0.228 e. The molecule has 1 aliphatic heterocycles. The van der Waals surface area contributed by atoms with E-state index in [1.165, 1.54) is 0 Å². The fraction of sp³-hybridized carbons (Fsp3) is 0.444. The molecule has 3 rings (SSSR count). The number of oxazole rings is 1. The highest BCUT2D eigenvalue weighted by Gasteiger charge is 2.22. The summed E-state index contributed by atoms with van der Waals surface area (Å²) in [4.78, 5) is 18.7. The predicted octanol–water partition coefficient (Wildman–Crippen LogP) is 2.69. The van der Waals surface area contributed by atoms with Crippen LogP contribution in [-0.4, -0.2) is 42.6 Å². The number of benzene rings is 1. The second kappa shape index (κ2) is 6.96. The van der Waals surface area contributed by atoms with Crippen LogP contribution >= 0.6 is 0 Å². The number of carbonyl (C=O) groups is 1. The fourth-order valence-corrected chi connectivity index (χ4v) is 2.79. The zero-order valence-corrected chi connectivity index (χ0v) is 13.6. The summed E-state index contributed by atoms with van der Waals surface area (Å²) in [6.07, 6.45) is 1.30. The molecule has 0 aliphatic carbocycles. The van der Waals surface area contributed by atoms with Crippen LogP contribution in [0.5, 0.6) is 0 Å². The third-order valence-corrected chi connectivity index (χ3v) is 4.21. The van der Waals surface area contributed by atoms with Gasteiger partial charge in [0.1, 0.15) is 5.76 Å². The summed E-state index contributed by atoms with van der Waals surface area (Å²) in [7, 11) is 1.84. The molecule has 0 radical (unpaired) electrons. The van der Waals surface area contributed by atoms with E-state index in [0.29, 0.717) is 23.3 Å². The highest BCUT2D eigenvalue weighted by atomic mass is 16.5. The van der Waals surface area contributed by atoms with Crippen molar-refractivity contribution in [2.45, 2.75) is 19.8 Å². The first-order valence-electron chi connectivity index (χ1n) is 7.97. The van der Waals surface area contributed by atoms with Gasteiger partial charge in [0, 0.05) is 31.7 Å². The zero-order chi connectivity index (χ0) is 16.2. The van der Waals surface area contributed by atoms with Gasteiger partial charge in [-0.2, -0.15) is 0 Å². The van der Waals surface area contributed by atoms with E-state index >= 15 is 0 Å². The van der Waals surface area contributed by atoms with E-state index in [9.17, 15) is 4.79 Å². The lowest BCUT2D eigenvalue weighted by Gasteiger charge is -2.20. The van der Waals surface area contributed by atoms with Gasteiger partial charge >= 0.3 is 0 Å². The van der Waals surface area contributed by atoms with Crippen molar-refractivity contribution in [3.05, 3.63) is 41.8 Å². The summed E-state index contributed by atoms with van der Waals surface area (Å²) in [5, 5.41) is 0. The molecule has 5 nitrogen and oxygen atoms in total. The van der Waals surface area contributed by atoms with Crippen LogP contribution in [0.3, 0.4) is 0 Å². The van der Waals surface area contributed by atoms with Gasteiger partial charge in [-0.15, -0.1) is 0 Å². The Bertz CT molecular complexity index is 660. The molecule has 0 N–H and O–H groups in total.